The third-order valence-corrected chi connectivity index (χ3v) is 4.85. The monoisotopic (exact) mass is 265 g/mol. The summed E-state index contributed by atoms with van der Waals surface area (Å²) in [5, 5.41) is 10.1. The van der Waals surface area contributed by atoms with E-state index in [0.29, 0.717) is 15.8 Å². The fraction of sp³-hybridized carbons (Fsp3) is 0.500. The first-order valence-corrected chi connectivity index (χ1v) is 7.31. The second-order valence-electron chi connectivity index (χ2n) is 4.77. The summed E-state index contributed by atoms with van der Waals surface area (Å²) in [6.07, 6.45) is 5.29. The average molecular weight is 266 g/mol. The molecule has 0 aromatic heterocycles. The van der Waals surface area contributed by atoms with Gasteiger partial charge in [-0.25, -0.2) is 0 Å². The number of hydrogen-bond donors (Lipinski definition) is 0. The maximum atomic E-state index is 8.82. The minimum absolute atomic E-state index is 0.563. The van der Waals surface area contributed by atoms with Crippen LogP contribution in [-0.2, 0) is 0 Å². The van der Waals surface area contributed by atoms with E-state index < -0.39 is 0 Å². The summed E-state index contributed by atoms with van der Waals surface area (Å²) in [6.45, 7) is 2.33. The summed E-state index contributed by atoms with van der Waals surface area (Å²) in [4.78, 5) is 1.19. The van der Waals surface area contributed by atoms with Crippen molar-refractivity contribution in [3.05, 3.63) is 28.8 Å². The minimum atomic E-state index is 0.563. The maximum absolute atomic E-state index is 8.82. The van der Waals surface area contributed by atoms with Gasteiger partial charge in [0.15, 0.2) is 0 Å². The largest absolute Gasteiger partial charge is 0.192 e. The quantitative estimate of drug-likeness (QED) is 0.761. The number of rotatable bonds is 2. The SMILES string of the molecule is CC1CCCC(Sc2ccc(C#N)c(Cl)c2)C1. The Labute approximate surface area is 112 Å². The summed E-state index contributed by atoms with van der Waals surface area (Å²) in [5.74, 6) is 0.843. The molecule has 2 rings (SSSR count). The van der Waals surface area contributed by atoms with Crippen molar-refractivity contribution in [3.63, 3.8) is 0 Å². The fourth-order valence-corrected chi connectivity index (χ4v) is 4.05. The van der Waals surface area contributed by atoms with E-state index in [9.17, 15) is 0 Å². The third kappa shape index (κ3) is 3.40. The molecule has 3 heteroatoms. The van der Waals surface area contributed by atoms with Crippen LogP contribution in [0.4, 0.5) is 0 Å². The van der Waals surface area contributed by atoms with Crippen LogP contribution in [0.15, 0.2) is 23.1 Å². The van der Waals surface area contributed by atoms with Gasteiger partial charge in [-0.1, -0.05) is 31.4 Å². The highest BCUT2D eigenvalue weighted by Crippen LogP contribution is 2.37. The van der Waals surface area contributed by atoms with Crippen molar-refractivity contribution in [1.82, 2.24) is 0 Å². The molecule has 0 aliphatic heterocycles. The lowest BCUT2D eigenvalue weighted by Gasteiger charge is -2.26. The molecule has 0 amide bonds. The fourth-order valence-electron chi connectivity index (χ4n) is 2.34. The van der Waals surface area contributed by atoms with Crippen molar-refractivity contribution in [2.75, 3.05) is 0 Å². The van der Waals surface area contributed by atoms with Crippen molar-refractivity contribution in [1.29, 1.82) is 5.26 Å². The van der Waals surface area contributed by atoms with Crippen molar-refractivity contribution in [2.45, 2.75) is 42.8 Å². The Bertz CT molecular complexity index is 438. The molecule has 1 nitrogen and oxygen atoms in total. The Morgan fingerprint density at radius 1 is 1.41 bits per heavy atom. The Morgan fingerprint density at radius 2 is 2.24 bits per heavy atom. The van der Waals surface area contributed by atoms with Gasteiger partial charge in [-0.15, -0.1) is 11.8 Å². The maximum Gasteiger partial charge on any atom is 0.101 e. The van der Waals surface area contributed by atoms with Crippen LogP contribution in [0, 0.1) is 17.2 Å². The van der Waals surface area contributed by atoms with E-state index in [1.165, 1.54) is 30.6 Å². The van der Waals surface area contributed by atoms with Gasteiger partial charge < -0.3 is 0 Å². The molecule has 1 aliphatic rings. The molecule has 2 unspecified atom stereocenters. The van der Waals surface area contributed by atoms with Gasteiger partial charge in [0.05, 0.1) is 10.6 Å². The Balaban J connectivity index is 2.04. The predicted octanol–water partition coefficient (Wildman–Crippen LogP) is 4.88. The molecule has 0 N–H and O–H groups in total. The van der Waals surface area contributed by atoms with Gasteiger partial charge in [0, 0.05) is 10.1 Å². The Kier molecular flexibility index (Phi) is 4.36. The smallest absolute Gasteiger partial charge is 0.101 e. The van der Waals surface area contributed by atoms with Gasteiger partial charge in [0.25, 0.3) is 0 Å². The van der Waals surface area contributed by atoms with Crippen LogP contribution in [0.5, 0.6) is 0 Å². The first-order valence-electron chi connectivity index (χ1n) is 6.05. The van der Waals surface area contributed by atoms with E-state index in [-0.39, 0.29) is 0 Å². The number of nitrogens with zero attached hydrogens (tertiary/aromatic N) is 1. The van der Waals surface area contributed by atoms with Crippen LogP contribution in [0.25, 0.3) is 0 Å². The van der Waals surface area contributed by atoms with Gasteiger partial charge in [0.1, 0.15) is 6.07 Å². The van der Waals surface area contributed by atoms with Crippen LogP contribution in [0.3, 0.4) is 0 Å². The Morgan fingerprint density at radius 3 is 2.88 bits per heavy atom. The highest BCUT2D eigenvalue weighted by atomic mass is 35.5. The molecule has 1 aromatic carbocycles. The highest BCUT2D eigenvalue weighted by molar-refractivity contribution is 8.00. The van der Waals surface area contributed by atoms with E-state index >= 15 is 0 Å². The summed E-state index contributed by atoms with van der Waals surface area (Å²) in [6, 6.07) is 7.84. The lowest BCUT2D eigenvalue weighted by Crippen LogP contribution is -2.14. The van der Waals surface area contributed by atoms with Crippen LogP contribution >= 0.6 is 23.4 Å². The molecule has 1 aliphatic carbocycles. The van der Waals surface area contributed by atoms with Gasteiger partial charge in [0.2, 0.25) is 0 Å². The number of nitriles is 1. The van der Waals surface area contributed by atoms with Gasteiger partial charge in [-0.2, -0.15) is 5.26 Å². The van der Waals surface area contributed by atoms with Gasteiger partial charge in [-0.05, 0) is 37.0 Å². The summed E-state index contributed by atoms with van der Waals surface area (Å²) in [7, 11) is 0. The molecular weight excluding hydrogens is 250 g/mol. The molecule has 1 fully saturated rings. The van der Waals surface area contributed by atoms with Crippen LogP contribution in [0.1, 0.15) is 38.2 Å². The number of halogens is 1. The van der Waals surface area contributed by atoms with Crippen LogP contribution in [0.2, 0.25) is 5.02 Å². The molecule has 0 heterocycles. The lowest BCUT2D eigenvalue weighted by atomic mass is 9.91. The topological polar surface area (TPSA) is 23.8 Å². The second kappa shape index (κ2) is 5.80. The van der Waals surface area contributed by atoms with Gasteiger partial charge in [-0.3, -0.25) is 0 Å². The predicted molar refractivity (Wildman–Crippen MR) is 73.4 cm³/mol. The molecule has 0 saturated heterocycles. The van der Waals surface area contributed by atoms with Crippen LogP contribution in [-0.4, -0.2) is 5.25 Å². The lowest BCUT2D eigenvalue weighted by molar-refractivity contribution is 0.394. The van der Waals surface area contributed by atoms with E-state index in [0.717, 1.165) is 5.92 Å². The number of thioether (sulfide) groups is 1. The molecule has 0 bridgehead atoms. The van der Waals surface area contributed by atoms with Crippen molar-refractivity contribution in [3.8, 4) is 6.07 Å². The average Bonchev–Trinajstić information content (AvgIpc) is 2.29. The molecule has 0 spiro atoms. The summed E-state index contributed by atoms with van der Waals surface area (Å²) < 4.78 is 0. The van der Waals surface area contributed by atoms with Crippen molar-refractivity contribution >= 4 is 23.4 Å². The number of hydrogen-bond acceptors (Lipinski definition) is 2. The normalized spacial score (nSPS) is 24.3. The Hall–Kier alpha value is -0.650. The molecule has 1 saturated carbocycles. The van der Waals surface area contributed by atoms with E-state index in [4.69, 9.17) is 16.9 Å². The van der Waals surface area contributed by atoms with Crippen molar-refractivity contribution in [2.24, 2.45) is 5.92 Å². The van der Waals surface area contributed by atoms with Crippen LogP contribution < -0.4 is 0 Å². The zero-order valence-corrected chi connectivity index (χ0v) is 11.5. The van der Waals surface area contributed by atoms with Gasteiger partial charge >= 0.3 is 0 Å². The zero-order valence-electron chi connectivity index (χ0n) is 9.95. The summed E-state index contributed by atoms with van der Waals surface area (Å²) in [5.41, 5.74) is 0.563. The highest BCUT2D eigenvalue weighted by Gasteiger charge is 2.19. The van der Waals surface area contributed by atoms with E-state index in [2.05, 4.69) is 13.0 Å². The van der Waals surface area contributed by atoms with Crippen molar-refractivity contribution < 1.29 is 0 Å². The minimum Gasteiger partial charge on any atom is -0.192 e. The van der Waals surface area contributed by atoms with E-state index in [1.807, 2.05) is 30.0 Å². The first kappa shape index (κ1) is 12.8. The molecular formula is C14H16ClNS. The first-order chi connectivity index (χ1) is 8.19. The standard InChI is InChI=1S/C14H16ClNS/c1-10-3-2-4-12(7-10)17-13-6-5-11(9-16)14(15)8-13/h5-6,8,10,12H,2-4,7H2,1H3. The molecule has 17 heavy (non-hydrogen) atoms. The molecule has 0 radical (unpaired) electrons. The third-order valence-electron chi connectivity index (χ3n) is 3.25. The zero-order chi connectivity index (χ0) is 12.3. The number of benzene rings is 1. The molecule has 90 valence electrons. The second-order valence-corrected chi connectivity index (χ2v) is 6.55. The molecule has 1 aromatic rings. The van der Waals surface area contributed by atoms with E-state index in [1.54, 1.807) is 0 Å². The molecule has 2 atom stereocenters. The summed E-state index contributed by atoms with van der Waals surface area (Å²) >= 11 is 7.95.